The van der Waals surface area contributed by atoms with Crippen molar-refractivity contribution in [3.63, 3.8) is 0 Å². The molecule has 2 atom stereocenters. The van der Waals surface area contributed by atoms with Crippen LogP contribution >= 0.6 is 11.6 Å². The summed E-state index contributed by atoms with van der Waals surface area (Å²) >= 11 is 5.97. The zero-order valence-corrected chi connectivity index (χ0v) is 11.8. The van der Waals surface area contributed by atoms with E-state index in [1.165, 1.54) is 0 Å². The Morgan fingerprint density at radius 1 is 1.35 bits per heavy atom. The van der Waals surface area contributed by atoms with Crippen molar-refractivity contribution in [2.45, 2.75) is 46.3 Å². The summed E-state index contributed by atoms with van der Waals surface area (Å²) in [4.78, 5) is 0. The molecular weight excluding hydrogens is 234 g/mol. The van der Waals surface area contributed by atoms with Crippen molar-refractivity contribution < 1.29 is 4.74 Å². The van der Waals surface area contributed by atoms with Gasteiger partial charge in [-0.25, -0.2) is 0 Å². The number of hydrogen-bond donors (Lipinski definition) is 1. The summed E-state index contributed by atoms with van der Waals surface area (Å²) in [6.45, 7) is 9.26. The van der Waals surface area contributed by atoms with E-state index < -0.39 is 0 Å². The van der Waals surface area contributed by atoms with Gasteiger partial charge in [-0.05, 0) is 51.0 Å². The number of benzene rings is 1. The van der Waals surface area contributed by atoms with Crippen LogP contribution in [0, 0.1) is 6.92 Å². The average Bonchev–Trinajstić information content (AvgIpc) is 2.31. The van der Waals surface area contributed by atoms with Gasteiger partial charge in [-0.1, -0.05) is 18.5 Å². The van der Waals surface area contributed by atoms with Gasteiger partial charge in [0.25, 0.3) is 0 Å². The Hall–Kier alpha value is -0.730. The Morgan fingerprint density at radius 2 is 2.06 bits per heavy atom. The van der Waals surface area contributed by atoms with Crippen molar-refractivity contribution in [2.75, 3.05) is 6.54 Å². The molecule has 0 aromatic heterocycles. The molecule has 0 saturated heterocycles. The van der Waals surface area contributed by atoms with Crippen LogP contribution in [0.5, 0.6) is 5.75 Å². The molecule has 3 heteroatoms. The van der Waals surface area contributed by atoms with Gasteiger partial charge >= 0.3 is 0 Å². The maximum atomic E-state index is 5.97. The predicted octanol–water partition coefficient (Wildman–Crippen LogP) is 3.80. The van der Waals surface area contributed by atoms with Gasteiger partial charge in [-0.15, -0.1) is 0 Å². The van der Waals surface area contributed by atoms with E-state index >= 15 is 0 Å². The third-order valence-corrected chi connectivity index (χ3v) is 3.26. The topological polar surface area (TPSA) is 21.3 Å². The largest absolute Gasteiger partial charge is 0.489 e. The molecule has 0 radical (unpaired) electrons. The molecule has 1 N–H and O–H groups in total. The van der Waals surface area contributed by atoms with Crippen LogP contribution in [0.25, 0.3) is 0 Å². The minimum Gasteiger partial charge on any atom is -0.489 e. The molecule has 0 aliphatic carbocycles. The first-order valence-electron chi connectivity index (χ1n) is 6.19. The average molecular weight is 256 g/mol. The van der Waals surface area contributed by atoms with Gasteiger partial charge < -0.3 is 10.1 Å². The van der Waals surface area contributed by atoms with E-state index in [2.05, 4.69) is 26.1 Å². The van der Waals surface area contributed by atoms with Gasteiger partial charge in [0.2, 0.25) is 0 Å². The molecule has 0 heterocycles. The Labute approximate surface area is 109 Å². The summed E-state index contributed by atoms with van der Waals surface area (Å²) < 4.78 is 5.82. The normalized spacial score (nSPS) is 14.4. The summed E-state index contributed by atoms with van der Waals surface area (Å²) in [7, 11) is 0. The molecule has 96 valence electrons. The molecule has 17 heavy (non-hydrogen) atoms. The van der Waals surface area contributed by atoms with Gasteiger partial charge in [-0.3, -0.25) is 0 Å². The number of nitrogens with one attached hydrogen (secondary N) is 1. The van der Waals surface area contributed by atoms with Gasteiger partial charge in [0.1, 0.15) is 11.9 Å². The molecular formula is C14H22ClNO. The quantitative estimate of drug-likeness (QED) is 0.835. The van der Waals surface area contributed by atoms with Gasteiger partial charge in [0, 0.05) is 17.6 Å². The minimum absolute atomic E-state index is 0.157. The lowest BCUT2D eigenvalue weighted by Gasteiger charge is -2.18. The fourth-order valence-electron chi connectivity index (χ4n) is 1.48. The zero-order chi connectivity index (χ0) is 12.8. The second-order valence-electron chi connectivity index (χ2n) is 4.56. The lowest BCUT2D eigenvalue weighted by Crippen LogP contribution is -2.34. The number of hydrogen-bond acceptors (Lipinski definition) is 2. The first-order valence-corrected chi connectivity index (χ1v) is 6.57. The Morgan fingerprint density at radius 3 is 2.65 bits per heavy atom. The fraction of sp³-hybridized carbons (Fsp3) is 0.571. The van der Waals surface area contributed by atoms with Crippen LogP contribution in [-0.2, 0) is 0 Å². The van der Waals surface area contributed by atoms with E-state index in [4.69, 9.17) is 16.3 Å². The lowest BCUT2D eigenvalue weighted by molar-refractivity contribution is 0.212. The molecule has 2 nitrogen and oxygen atoms in total. The molecule has 0 fully saturated rings. The molecule has 0 bridgehead atoms. The van der Waals surface area contributed by atoms with Crippen molar-refractivity contribution in [3.8, 4) is 5.75 Å². The number of aryl methyl sites for hydroxylation is 1. The summed E-state index contributed by atoms with van der Waals surface area (Å²) in [6, 6.07) is 6.30. The lowest BCUT2D eigenvalue weighted by atomic mass is 10.2. The van der Waals surface area contributed by atoms with Crippen LogP contribution in [-0.4, -0.2) is 18.7 Å². The van der Waals surface area contributed by atoms with Gasteiger partial charge in [-0.2, -0.15) is 0 Å². The summed E-state index contributed by atoms with van der Waals surface area (Å²) in [5.74, 6) is 0.880. The highest BCUT2D eigenvalue weighted by Gasteiger charge is 2.06. The van der Waals surface area contributed by atoms with E-state index in [0.29, 0.717) is 6.04 Å². The van der Waals surface area contributed by atoms with Crippen molar-refractivity contribution in [2.24, 2.45) is 0 Å². The van der Waals surface area contributed by atoms with Gasteiger partial charge in [0.15, 0.2) is 0 Å². The first kappa shape index (κ1) is 14.3. The third-order valence-electron chi connectivity index (χ3n) is 2.83. The van der Waals surface area contributed by atoms with Crippen LogP contribution in [0.4, 0.5) is 0 Å². The standard InChI is InChI=1S/C14H22ClNO/c1-5-11(3)16-9-12(4)17-13-6-7-14(15)10(2)8-13/h6-8,11-12,16H,5,9H2,1-4H3. The van der Waals surface area contributed by atoms with Crippen LogP contribution in [0.3, 0.4) is 0 Å². The highest BCUT2D eigenvalue weighted by molar-refractivity contribution is 6.31. The number of halogens is 1. The van der Waals surface area contributed by atoms with Crippen LogP contribution < -0.4 is 10.1 Å². The van der Waals surface area contributed by atoms with Crippen molar-refractivity contribution in [1.82, 2.24) is 5.32 Å². The van der Waals surface area contributed by atoms with Crippen molar-refractivity contribution in [1.29, 1.82) is 0 Å². The Balaban J connectivity index is 2.44. The zero-order valence-electron chi connectivity index (χ0n) is 11.1. The Kier molecular flexibility index (Phi) is 5.79. The first-order chi connectivity index (χ1) is 8.02. The second-order valence-corrected chi connectivity index (χ2v) is 4.96. The van der Waals surface area contributed by atoms with Crippen molar-refractivity contribution in [3.05, 3.63) is 28.8 Å². The SMILES string of the molecule is CCC(C)NCC(C)Oc1ccc(Cl)c(C)c1. The Bertz CT molecular complexity index is 354. The van der Waals surface area contributed by atoms with Gasteiger partial charge in [0.05, 0.1) is 0 Å². The smallest absolute Gasteiger partial charge is 0.120 e. The molecule has 0 amide bonds. The summed E-state index contributed by atoms with van der Waals surface area (Å²) in [6.07, 6.45) is 1.29. The van der Waals surface area contributed by atoms with E-state index in [9.17, 15) is 0 Å². The maximum Gasteiger partial charge on any atom is 0.120 e. The summed E-state index contributed by atoms with van der Waals surface area (Å²) in [5, 5.41) is 4.21. The molecule has 0 saturated carbocycles. The second kappa shape index (κ2) is 6.87. The molecule has 2 unspecified atom stereocenters. The molecule has 1 aromatic rings. The number of ether oxygens (including phenoxy) is 1. The molecule has 1 aromatic carbocycles. The molecule has 0 aliphatic heterocycles. The van der Waals surface area contributed by atoms with Crippen molar-refractivity contribution >= 4 is 11.6 Å². The minimum atomic E-state index is 0.157. The molecule has 0 aliphatic rings. The highest BCUT2D eigenvalue weighted by atomic mass is 35.5. The van der Waals surface area contributed by atoms with E-state index in [-0.39, 0.29) is 6.10 Å². The maximum absolute atomic E-state index is 5.97. The summed E-state index contributed by atoms with van der Waals surface area (Å²) in [5.41, 5.74) is 1.05. The molecule has 0 spiro atoms. The van der Waals surface area contributed by atoms with Crippen LogP contribution in [0.1, 0.15) is 32.8 Å². The van der Waals surface area contributed by atoms with Crippen LogP contribution in [0.2, 0.25) is 5.02 Å². The van der Waals surface area contributed by atoms with Crippen LogP contribution in [0.15, 0.2) is 18.2 Å². The van der Waals surface area contributed by atoms with E-state index in [1.807, 2.05) is 25.1 Å². The third kappa shape index (κ3) is 4.97. The number of rotatable bonds is 6. The monoisotopic (exact) mass is 255 g/mol. The fourth-order valence-corrected chi connectivity index (χ4v) is 1.59. The highest BCUT2D eigenvalue weighted by Crippen LogP contribution is 2.21. The molecule has 1 rings (SSSR count). The van der Waals surface area contributed by atoms with E-state index in [0.717, 1.165) is 29.3 Å². The van der Waals surface area contributed by atoms with E-state index in [1.54, 1.807) is 0 Å². The predicted molar refractivity (Wildman–Crippen MR) is 74.0 cm³/mol.